The van der Waals surface area contributed by atoms with Crippen molar-refractivity contribution in [3.8, 4) is 0 Å². The summed E-state index contributed by atoms with van der Waals surface area (Å²) in [6, 6.07) is -4.89. The van der Waals surface area contributed by atoms with Gasteiger partial charge in [0.05, 0.1) is 0 Å². The van der Waals surface area contributed by atoms with Gasteiger partial charge in [-0.2, -0.15) is 27.1 Å². The molecule has 1 atom stereocenters. The molecular formula is C10H16F5N3. The van der Waals surface area contributed by atoms with Crippen molar-refractivity contribution < 1.29 is 22.0 Å². The second kappa shape index (κ2) is 5.27. The van der Waals surface area contributed by atoms with Gasteiger partial charge in [0.1, 0.15) is 12.5 Å². The van der Waals surface area contributed by atoms with E-state index in [1.54, 1.807) is 6.92 Å². The first-order valence-electron chi connectivity index (χ1n) is 5.79. The lowest BCUT2D eigenvalue weighted by molar-refractivity contribution is -0.334. The van der Waals surface area contributed by atoms with Crippen LogP contribution in [0.4, 0.5) is 22.0 Å². The molecule has 0 N–H and O–H groups in total. The number of alkyl halides is 5. The molecule has 0 saturated heterocycles. The smallest absolute Gasteiger partial charge is 0.273 e. The predicted octanol–water partition coefficient (Wildman–Crippen LogP) is 3.24. The van der Waals surface area contributed by atoms with Gasteiger partial charge in [-0.1, -0.05) is 20.3 Å². The molecule has 3 nitrogen and oxygen atoms in total. The molecule has 0 radical (unpaired) electrons. The lowest BCUT2D eigenvalue weighted by Crippen LogP contribution is -2.56. The lowest BCUT2D eigenvalue weighted by Gasteiger charge is -2.35. The van der Waals surface area contributed by atoms with E-state index in [1.165, 1.54) is 5.01 Å². The summed E-state index contributed by atoms with van der Waals surface area (Å²) < 4.78 is 63.6. The van der Waals surface area contributed by atoms with Gasteiger partial charge >= 0.3 is 12.2 Å². The van der Waals surface area contributed by atoms with Crippen LogP contribution in [0.5, 0.6) is 0 Å². The summed E-state index contributed by atoms with van der Waals surface area (Å²) in [6.07, 6.45) is -4.73. The summed E-state index contributed by atoms with van der Waals surface area (Å²) in [5, 5.41) is 4.92. The number of hydrogen-bond acceptors (Lipinski definition) is 3. The Hall–Kier alpha value is -1.08. The van der Waals surface area contributed by atoms with Gasteiger partial charge < -0.3 is 0 Å². The van der Waals surface area contributed by atoms with E-state index in [4.69, 9.17) is 0 Å². The summed E-state index contributed by atoms with van der Waals surface area (Å²) in [5.41, 5.74) is 0. The van der Waals surface area contributed by atoms with Crippen LogP contribution >= 0.6 is 0 Å². The molecule has 0 aliphatic carbocycles. The normalized spacial score (nSPS) is 20.9. The van der Waals surface area contributed by atoms with Crippen LogP contribution in [0.3, 0.4) is 0 Å². The molecular weight excluding hydrogens is 257 g/mol. The van der Waals surface area contributed by atoms with Crippen LogP contribution in [0.2, 0.25) is 0 Å². The first-order valence-corrected chi connectivity index (χ1v) is 5.79. The molecule has 0 saturated carbocycles. The Morgan fingerprint density at radius 2 is 1.72 bits per heavy atom. The number of rotatable bonds is 5. The Morgan fingerprint density at radius 1 is 1.11 bits per heavy atom. The molecule has 1 heterocycles. The number of nitrogens with zero attached hydrogens (tertiary/aromatic N) is 3. The molecule has 0 bridgehead atoms. The van der Waals surface area contributed by atoms with E-state index >= 15 is 0 Å². The van der Waals surface area contributed by atoms with Crippen molar-refractivity contribution in [2.24, 2.45) is 5.10 Å². The second-order valence-corrected chi connectivity index (χ2v) is 4.11. The molecule has 0 aromatic rings. The van der Waals surface area contributed by atoms with Crippen LogP contribution in [0.1, 0.15) is 33.1 Å². The van der Waals surface area contributed by atoms with Gasteiger partial charge in [-0.3, -0.25) is 9.91 Å². The van der Waals surface area contributed by atoms with E-state index in [-0.39, 0.29) is 11.3 Å². The van der Waals surface area contributed by atoms with E-state index < -0.39 is 18.4 Å². The fraction of sp³-hybridized carbons (Fsp3) is 0.900. The summed E-state index contributed by atoms with van der Waals surface area (Å²) in [4.78, 5) is 0.00611. The Bertz CT molecular complexity index is 302. The monoisotopic (exact) mass is 273 g/mol. The third-order valence-corrected chi connectivity index (χ3v) is 2.65. The van der Waals surface area contributed by atoms with Crippen molar-refractivity contribution in [1.29, 1.82) is 0 Å². The molecule has 0 amide bonds. The van der Waals surface area contributed by atoms with Crippen LogP contribution in [0.15, 0.2) is 5.10 Å². The highest BCUT2D eigenvalue weighted by Crippen LogP contribution is 2.41. The van der Waals surface area contributed by atoms with Crippen molar-refractivity contribution in [3.05, 3.63) is 0 Å². The quantitative estimate of drug-likeness (QED) is 0.565. The van der Waals surface area contributed by atoms with Crippen molar-refractivity contribution >= 4 is 6.34 Å². The summed E-state index contributed by atoms with van der Waals surface area (Å²) in [7, 11) is 0. The highest BCUT2D eigenvalue weighted by Gasteiger charge is 2.64. The maximum absolute atomic E-state index is 13.3. The third kappa shape index (κ3) is 2.67. The summed E-state index contributed by atoms with van der Waals surface area (Å²) in [5.74, 6) is 0. The Morgan fingerprint density at radius 3 is 2.17 bits per heavy atom. The Balaban J connectivity index is 2.92. The van der Waals surface area contributed by atoms with Crippen LogP contribution in [0.25, 0.3) is 0 Å². The van der Waals surface area contributed by atoms with E-state index in [1.807, 2.05) is 6.92 Å². The molecule has 8 heteroatoms. The fourth-order valence-corrected chi connectivity index (χ4v) is 1.81. The number of hydrazone groups is 1. The van der Waals surface area contributed by atoms with Gasteiger partial charge in [0.15, 0.2) is 0 Å². The third-order valence-electron chi connectivity index (χ3n) is 2.65. The molecule has 1 aliphatic heterocycles. The van der Waals surface area contributed by atoms with Crippen molar-refractivity contribution in [1.82, 2.24) is 9.91 Å². The molecule has 0 aromatic carbocycles. The largest absolute Gasteiger partial charge is 0.475 e. The highest BCUT2D eigenvalue weighted by atomic mass is 19.4. The van der Waals surface area contributed by atoms with Gasteiger partial charge in [0.2, 0.25) is 0 Å². The fourth-order valence-electron chi connectivity index (χ4n) is 1.81. The minimum atomic E-state index is -5.60. The summed E-state index contributed by atoms with van der Waals surface area (Å²) >= 11 is 0. The maximum atomic E-state index is 13.3. The van der Waals surface area contributed by atoms with Crippen LogP contribution in [0, 0.1) is 0 Å². The molecule has 106 valence electrons. The van der Waals surface area contributed by atoms with Crippen molar-refractivity contribution in [2.75, 3.05) is 6.54 Å². The van der Waals surface area contributed by atoms with Crippen LogP contribution in [-0.4, -0.2) is 41.2 Å². The maximum Gasteiger partial charge on any atom is 0.475 e. The SMILES string of the molecule is CCCC1N(CCC)N=CN1C(F)(F)C(F)(F)F. The summed E-state index contributed by atoms with van der Waals surface area (Å²) in [6.45, 7) is 3.89. The van der Waals surface area contributed by atoms with Crippen LogP contribution < -0.4 is 0 Å². The first-order chi connectivity index (χ1) is 8.25. The zero-order valence-electron chi connectivity index (χ0n) is 10.2. The molecule has 0 spiro atoms. The van der Waals surface area contributed by atoms with E-state index in [0.29, 0.717) is 25.7 Å². The molecule has 1 unspecified atom stereocenters. The average Bonchev–Trinajstić information content (AvgIpc) is 2.62. The Kier molecular flexibility index (Phi) is 4.39. The van der Waals surface area contributed by atoms with Crippen LogP contribution in [-0.2, 0) is 0 Å². The van der Waals surface area contributed by atoms with Crippen molar-refractivity contribution in [2.45, 2.75) is 51.5 Å². The Labute approximate surface area is 102 Å². The average molecular weight is 273 g/mol. The van der Waals surface area contributed by atoms with Crippen molar-refractivity contribution in [3.63, 3.8) is 0 Å². The zero-order valence-corrected chi connectivity index (χ0v) is 10.2. The van der Waals surface area contributed by atoms with E-state index in [9.17, 15) is 22.0 Å². The topological polar surface area (TPSA) is 18.8 Å². The molecule has 0 aromatic heterocycles. The van der Waals surface area contributed by atoms with Gasteiger partial charge in [0, 0.05) is 6.54 Å². The molecule has 18 heavy (non-hydrogen) atoms. The van der Waals surface area contributed by atoms with Gasteiger partial charge in [-0.25, -0.2) is 0 Å². The van der Waals surface area contributed by atoms with E-state index in [0.717, 1.165) is 0 Å². The predicted molar refractivity (Wildman–Crippen MR) is 57.0 cm³/mol. The number of halogens is 5. The van der Waals surface area contributed by atoms with Gasteiger partial charge in [-0.05, 0) is 12.8 Å². The van der Waals surface area contributed by atoms with Gasteiger partial charge in [0.25, 0.3) is 0 Å². The lowest BCUT2D eigenvalue weighted by atomic mass is 10.2. The highest BCUT2D eigenvalue weighted by molar-refractivity contribution is 5.58. The van der Waals surface area contributed by atoms with E-state index in [2.05, 4.69) is 5.10 Å². The van der Waals surface area contributed by atoms with Gasteiger partial charge in [-0.15, -0.1) is 0 Å². The molecule has 0 fully saturated rings. The zero-order chi connectivity index (χ0) is 14.0. The second-order valence-electron chi connectivity index (χ2n) is 4.11. The minimum absolute atomic E-state index is 0.00611. The number of hydrogen-bond donors (Lipinski definition) is 0. The first kappa shape index (κ1) is 15.0. The standard InChI is InChI=1S/C10H16F5N3/c1-3-5-8-17(7-16-18(8)6-4-2)10(14,15)9(11,12)13/h7-8H,3-6H2,1-2H3. The molecule has 1 aliphatic rings. The molecule has 1 rings (SSSR count). The minimum Gasteiger partial charge on any atom is -0.273 e.